The molecule has 2 aromatic carbocycles. The fourth-order valence-corrected chi connectivity index (χ4v) is 4.52. The molecule has 0 atom stereocenters. The number of aliphatic carboxylic acids is 1. The average molecular weight is 454 g/mol. The van der Waals surface area contributed by atoms with Crippen LogP contribution in [-0.2, 0) is 4.79 Å². The lowest BCUT2D eigenvalue weighted by Gasteiger charge is -2.31. The lowest BCUT2D eigenvalue weighted by atomic mass is 9.73. The Hall–Kier alpha value is -4.06. The van der Waals surface area contributed by atoms with Crippen LogP contribution in [0, 0.1) is 18.8 Å². The third kappa shape index (κ3) is 4.15. The molecule has 0 spiro atoms. The Kier molecular flexibility index (Phi) is 5.80. The zero-order valence-corrected chi connectivity index (χ0v) is 18.8. The van der Waals surface area contributed by atoms with Crippen molar-refractivity contribution in [3.05, 3.63) is 101 Å². The Morgan fingerprint density at radius 3 is 2.56 bits per heavy atom. The van der Waals surface area contributed by atoms with Gasteiger partial charge in [0, 0.05) is 12.3 Å². The standard InChI is InChI=1S/C28H24FN3O2/c1-17-4-3-15-30-27(17)26(19-5-2-6-19)25(20-10-7-18(8-11-20)9-14-24(33)34)21-12-13-23-22(16-21)28(29)32-31-23/h3-4,7-16,19H,2,5-6H2,1H3,(H,31,32)(H,33,34). The molecule has 170 valence electrons. The predicted molar refractivity (Wildman–Crippen MR) is 131 cm³/mol. The number of benzene rings is 2. The molecule has 6 heteroatoms. The van der Waals surface area contributed by atoms with E-state index in [-0.39, 0.29) is 0 Å². The van der Waals surface area contributed by atoms with Crippen LogP contribution >= 0.6 is 0 Å². The molecule has 34 heavy (non-hydrogen) atoms. The number of hydrogen-bond donors (Lipinski definition) is 2. The number of rotatable bonds is 6. The summed E-state index contributed by atoms with van der Waals surface area (Å²) in [5.74, 6) is -1.15. The quantitative estimate of drug-likeness (QED) is 0.338. The van der Waals surface area contributed by atoms with E-state index in [1.807, 2.05) is 54.7 Å². The van der Waals surface area contributed by atoms with Gasteiger partial charge in [-0.05, 0) is 83.4 Å². The van der Waals surface area contributed by atoms with Crippen molar-refractivity contribution in [2.45, 2.75) is 26.2 Å². The van der Waals surface area contributed by atoms with Crippen molar-refractivity contribution in [2.75, 3.05) is 0 Å². The van der Waals surface area contributed by atoms with Crippen LogP contribution in [0.2, 0.25) is 0 Å². The summed E-state index contributed by atoms with van der Waals surface area (Å²) in [5, 5.41) is 15.8. The lowest BCUT2D eigenvalue weighted by Crippen LogP contribution is -2.16. The fourth-order valence-electron chi connectivity index (χ4n) is 4.52. The summed E-state index contributed by atoms with van der Waals surface area (Å²) >= 11 is 0. The highest BCUT2D eigenvalue weighted by molar-refractivity contribution is 6.01. The van der Waals surface area contributed by atoms with E-state index < -0.39 is 11.9 Å². The first-order valence-electron chi connectivity index (χ1n) is 11.3. The minimum Gasteiger partial charge on any atom is -0.478 e. The van der Waals surface area contributed by atoms with E-state index in [0.717, 1.165) is 52.4 Å². The van der Waals surface area contributed by atoms with Crippen molar-refractivity contribution in [1.82, 2.24) is 15.2 Å². The molecular weight excluding hydrogens is 429 g/mol. The summed E-state index contributed by atoms with van der Waals surface area (Å²) in [6.07, 6.45) is 7.84. The van der Waals surface area contributed by atoms with Gasteiger partial charge in [-0.2, -0.15) is 4.39 Å². The highest BCUT2D eigenvalue weighted by atomic mass is 19.1. The van der Waals surface area contributed by atoms with Gasteiger partial charge in [0.1, 0.15) is 0 Å². The van der Waals surface area contributed by atoms with E-state index in [9.17, 15) is 9.18 Å². The zero-order chi connectivity index (χ0) is 23.7. The minimum atomic E-state index is -0.988. The van der Waals surface area contributed by atoms with Gasteiger partial charge in [-0.1, -0.05) is 42.8 Å². The van der Waals surface area contributed by atoms with Gasteiger partial charge in [0.25, 0.3) is 0 Å². The van der Waals surface area contributed by atoms with Gasteiger partial charge >= 0.3 is 5.97 Å². The number of hydrogen-bond acceptors (Lipinski definition) is 3. The van der Waals surface area contributed by atoms with Crippen LogP contribution in [-0.4, -0.2) is 26.3 Å². The van der Waals surface area contributed by atoms with Crippen LogP contribution in [0.15, 0.2) is 66.9 Å². The Morgan fingerprint density at radius 1 is 1.12 bits per heavy atom. The third-order valence-corrected chi connectivity index (χ3v) is 6.47. The number of H-pyrrole nitrogens is 1. The van der Waals surface area contributed by atoms with Gasteiger partial charge < -0.3 is 5.11 Å². The number of pyridine rings is 1. The highest BCUT2D eigenvalue weighted by Gasteiger charge is 2.29. The topological polar surface area (TPSA) is 78.9 Å². The molecule has 2 N–H and O–H groups in total. The first kappa shape index (κ1) is 21.8. The molecule has 2 heterocycles. The number of halogens is 1. The van der Waals surface area contributed by atoms with Gasteiger partial charge in [-0.15, -0.1) is 5.10 Å². The molecule has 5 rings (SSSR count). The second kappa shape index (κ2) is 9.06. The van der Waals surface area contributed by atoms with Crippen LogP contribution < -0.4 is 0 Å². The number of carboxylic acid groups (broad SMARTS) is 1. The van der Waals surface area contributed by atoms with Crippen molar-refractivity contribution in [1.29, 1.82) is 0 Å². The molecule has 0 bridgehead atoms. The smallest absolute Gasteiger partial charge is 0.328 e. The maximum Gasteiger partial charge on any atom is 0.328 e. The second-order valence-corrected chi connectivity index (χ2v) is 8.65. The number of carboxylic acids is 1. The third-order valence-electron chi connectivity index (χ3n) is 6.47. The van der Waals surface area contributed by atoms with Crippen LogP contribution in [0.25, 0.3) is 28.1 Å². The van der Waals surface area contributed by atoms with Gasteiger partial charge in [-0.25, -0.2) is 4.79 Å². The van der Waals surface area contributed by atoms with Crippen molar-refractivity contribution >= 4 is 34.1 Å². The number of nitrogens with one attached hydrogen (secondary N) is 1. The molecule has 5 nitrogen and oxygen atoms in total. The van der Waals surface area contributed by atoms with Crippen molar-refractivity contribution in [3.8, 4) is 0 Å². The molecule has 4 aromatic rings. The summed E-state index contributed by atoms with van der Waals surface area (Å²) in [7, 11) is 0. The summed E-state index contributed by atoms with van der Waals surface area (Å²) in [5.41, 5.74) is 7.55. The summed E-state index contributed by atoms with van der Waals surface area (Å²) in [6, 6.07) is 17.5. The van der Waals surface area contributed by atoms with Crippen LogP contribution in [0.3, 0.4) is 0 Å². The normalized spacial score (nSPS) is 14.9. The fraction of sp³-hybridized carbons (Fsp3) is 0.179. The van der Waals surface area contributed by atoms with E-state index in [1.54, 1.807) is 6.08 Å². The Morgan fingerprint density at radius 2 is 1.88 bits per heavy atom. The number of allylic oxidation sites excluding steroid dienone is 1. The summed E-state index contributed by atoms with van der Waals surface area (Å²) < 4.78 is 14.4. The van der Waals surface area contributed by atoms with Crippen LogP contribution in [0.5, 0.6) is 0 Å². The summed E-state index contributed by atoms with van der Waals surface area (Å²) in [6.45, 7) is 2.07. The monoisotopic (exact) mass is 453 g/mol. The molecule has 1 fully saturated rings. The molecule has 1 aliphatic carbocycles. The first-order chi connectivity index (χ1) is 16.5. The molecule has 1 aliphatic rings. The Labute approximate surface area is 196 Å². The van der Waals surface area contributed by atoms with E-state index in [2.05, 4.69) is 23.2 Å². The van der Waals surface area contributed by atoms with E-state index in [1.165, 1.54) is 12.0 Å². The lowest BCUT2D eigenvalue weighted by molar-refractivity contribution is -0.131. The average Bonchev–Trinajstić information content (AvgIpc) is 3.17. The highest BCUT2D eigenvalue weighted by Crippen LogP contribution is 2.45. The van der Waals surface area contributed by atoms with Gasteiger partial charge in [-0.3, -0.25) is 10.1 Å². The van der Waals surface area contributed by atoms with Gasteiger partial charge in [0.2, 0.25) is 5.95 Å². The second-order valence-electron chi connectivity index (χ2n) is 8.65. The Balaban J connectivity index is 1.76. The maximum absolute atomic E-state index is 14.4. The molecule has 0 saturated heterocycles. The zero-order valence-electron chi connectivity index (χ0n) is 18.8. The molecule has 1 saturated carbocycles. The molecule has 0 aliphatic heterocycles. The molecule has 0 amide bonds. The van der Waals surface area contributed by atoms with E-state index >= 15 is 0 Å². The molecular formula is C28H24FN3O2. The molecule has 2 aromatic heterocycles. The van der Waals surface area contributed by atoms with Gasteiger partial charge in [0.15, 0.2) is 0 Å². The predicted octanol–water partition coefficient (Wildman–Crippen LogP) is 6.26. The van der Waals surface area contributed by atoms with Crippen molar-refractivity contribution in [3.63, 3.8) is 0 Å². The summed E-state index contributed by atoms with van der Waals surface area (Å²) in [4.78, 5) is 15.7. The molecule has 0 unspecified atom stereocenters. The van der Waals surface area contributed by atoms with Crippen molar-refractivity contribution < 1.29 is 14.3 Å². The van der Waals surface area contributed by atoms with E-state index in [4.69, 9.17) is 10.1 Å². The number of aryl methyl sites for hydroxylation is 1. The van der Waals surface area contributed by atoms with Crippen molar-refractivity contribution in [2.24, 2.45) is 5.92 Å². The molecule has 0 radical (unpaired) electrons. The first-order valence-corrected chi connectivity index (χ1v) is 11.3. The van der Waals surface area contributed by atoms with Crippen LogP contribution in [0.1, 0.15) is 47.2 Å². The number of aromatic nitrogens is 3. The SMILES string of the molecule is Cc1cccnc1C(=C(c1ccc(C=CC(=O)O)cc1)c1ccc2[nH]nc(F)c2c1)C1CCC1. The van der Waals surface area contributed by atoms with Crippen LogP contribution in [0.4, 0.5) is 4.39 Å². The maximum atomic E-state index is 14.4. The van der Waals surface area contributed by atoms with Gasteiger partial charge in [0.05, 0.1) is 16.6 Å². The number of aromatic amines is 1. The largest absolute Gasteiger partial charge is 0.478 e. The van der Waals surface area contributed by atoms with E-state index in [0.29, 0.717) is 16.8 Å². The number of fused-ring (bicyclic) bond motifs is 1. The Bertz CT molecular complexity index is 1430. The number of nitrogens with zero attached hydrogens (tertiary/aromatic N) is 2. The minimum absolute atomic E-state index is 0.361. The number of carbonyl (C=O) groups is 1.